The van der Waals surface area contributed by atoms with E-state index in [1.54, 1.807) is 24.3 Å². The molecule has 1 amide bonds. The summed E-state index contributed by atoms with van der Waals surface area (Å²) in [5, 5.41) is 14.2. The van der Waals surface area contributed by atoms with E-state index in [1.807, 2.05) is 26.0 Å². The normalized spacial score (nSPS) is 10.8. The average molecular weight is 407 g/mol. The van der Waals surface area contributed by atoms with Crippen LogP contribution < -0.4 is 5.32 Å². The van der Waals surface area contributed by atoms with Gasteiger partial charge in [-0.25, -0.2) is 4.79 Å². The van der Waals surface area contributed by atoms with Gasteiger partial charge >= 0.3 is 5.97 Å². The van der Waals surface area contributed by atoms with E-state index in [0.29, 0.717) is 27.7 Å². The summed E-state index contributed by atoms with van der Waals surface area (Å²) in [6, 6.07) is 13.3. The molecule has 2 aromatic carbocycles. The van der Waals surface area contributed by atoms with Gasteiger partial charge in [-0.2, -0.15) is 0 Å². The first-order valence-electron chi connectivity index (χ1n) is 9.38. The van der Waals surface area contributed by atoms with E-state index < -0.39 is 23.4 Å². The van der Waals surface area contributed by atoms with Crippen LogP contribution in [0.5, 0.6) is 0 Å². The summed E-state index contributed by atoms with van der Waals surface area (Å²) < 4.78 is 5.21. The fourth-order valence-corrected chi connectivity index (χ4v) is 3.01. The maximum absolute atomic E-state index is 12.7. The molecule has 0 fully saturated rings. The number of carbonyl (C=O) groups is 2. The number of pyridine rings is 1. The zero-order valence-corrected chi connectivity index (χ0v) is 16.8. The molecule has 8 nitrogen and oxygen atoms in total. The molecule has 1 heterocycles. The number of nitro benzene ring substituents is 1. The number of esters is 1. The number of fused-ring (bicyclic) bond motifs is 1. The molecule has 0 aliphatic carbocycles. The van der Waals surface area contributed by atoms with Gasteiger partial charge in [-0.1, -0.05) is 38.1 Å². The summed E-state index contributed by atoms with van der Waals surface area (Å²) in [7, 11) is 0. The van der Waals surface area contributed by atoms with Gasteiger partial charge < -0.3 is 10.1 Å². The lowest BCUT2D eigenvalue weighted by molar-refractivity contribution is -0.385. The van der Waals surface area contributed by atoms with Crippen molar-refractivity contribution in [1.82, 2.24) is 4.98 Å². The number of carbonyl (C=O) groups excluding carboxylic acids is 2. The Morgan fingerprint density at radius 2 is 1.90 bits per heavy atom. The predicted molar refractivity (Wildman–Crippen MR) is 113 cm³/mol. The highest BCUT2D eigenvalue weighted by Gasteiger charge is 2.18. The van der Waals surface area contributed by atoms with Gasteiger partial charge in [-0.15, -0.1) is 0 Å². The van der Waals surface area contributed by atoms with Crippen LogP contribution in [0.3, 0.4) is 0 Å². The standard InChI is InChI=1S/C22H21N3O5/c1-13(2)19-11-16(15-7-4-5-8-18(15)23-19)22(27)30-12-21(26)24-17-9-6-10-20(14(17)3)25(28)29/h4-11,13H,12H2,1-3H3,(H,24,26). The maximum Gasteiger partial charge on any atom is 0.339 e. The van der Waals surface area contributed by atoms with Crippen molar-refractivity contribution in [3.05, 3.63) is 75.5 Å². The molecule has 1 N–H and O–H groups in total. The second-order valence-electron chi connectivity index (χ2n) is 7.10. The Balaban J connectivity index is 1.76. The summed E-state index contributed by atoms with van der Waals surface area (Å²) in [4.78, 5) is 40.0. The first-order valence-corrected chi connectivity index (χ1v) is 9.38. The summed E-state index contributed by atoms with van der Waals surface area (Å²) in [5.41, 5.74) is 2.27. The molecule has 0 saturated heterocycles. The highest BCUT2D eigenvalue weighted by molar-refractivity contribution is 6.04. The minimum Gasteiger partial charge on any atom is -0.452 e. The number of hydrogen-bond acceptors (Lipinski definition) is 6. The number of ether oxygens (including phenoxy) is 1. The van der Waals surface area contributed by atoms with Crippen molar-refractivity contribution in [2.24, 2.45) is 0 Å². The summed E-state index contributed by atoms with van der Waals surface area (Å²) in [6.45, 7) is 4.97. The molecule has 3 rings (SSSR count). The molecule has 0 aliphatic heterocycles. The number of nitro groups is 1. The van der Waals surface area contributed by atoms with Crippen molar-refractivity contribution < 1.29 is 19.2 Å². The highest BCUT2D eigenvalue weighted by atomic mass is 16.6. The van der Waals surface area contributed by atoms with Crippen LogP contribution in [0.1, 0.15) is 41.4 Å². The summed E-state index contributed by atoms with van der Waals surface area (Å²) >= 11 is 0. The van der Waals surface area contributed by atoms with Crippen LogP contribution in [0.4, 0.5) is 11.4 Å². The first-order chi connectivity index (χ1) is 14.3. The number of hydrogen-bond donors (Lipinski definition) is 1. The van der Waals surface area contributed by atoms with E-state index in [4.69, 9.17) is 4.74 Å². The minimum atomic E-state index is -0.638. The molecule has 154 valence electrons. The number of nitrogens with one attached hydrogen (secondary N) is 1. The van der Waals surface area contributed by atoms with Gasteiger partial charge in [-0.3, -0.25) is 19.9 Å². The van der Waals surface area contributed by atoms with Crippen LogP contribution in [0.2, 0.25) is 0 Å². The molecule has 0 spiro atoms. The smallest absolute Gasteiger partial charge is 0.339 e. The lowest BCUT2D eigenvalue weighted by Crippen LogP contribution is -2.21. The van der Waals surface area contributed by atoms with Gasteiger partial charge in [0.25, 0.3) is 11.6 Å². The van der Waals surface area contributed by atoms with Gasteiger partial charge in [-0.05, 0) is 31.0 Å². The second-order valence-corrected chi connectivity index (χ2v) is 7.10. The molecule has 0 unspecified atom stereocenters. The Labute approximate surface area is 173 Å². The van der Waals surface area contributed by atoms with Crippen LogP contribution in [-0.2, 0) is 9.53 Å². The van der Waals surface area contributed by atoms with E-state index >= 15 is 0 Å². The monoisotopic (exact) mass is 407 g/mol. The van der Waals surface area contributed by atoms with E-state index in [9.17, 15) is 19.7 Å². The quantitative estimate of drug-likeness (QED) is 0.369. The van der Waals surface area contributed by atoms with Crippen LogP contribution in [0, 0.1) is 17.0 Å². The van der Waals surface area contributed by atoms with Crippen LogP contribution in [0.15, 0.2) is 48.5 Å². The molecular weight excluding hydrogens is 386 g/mol. The van der Waals surface area contributed by atoms with Crippen molar-refractivity contribution in [3.63, 3.8) is 0 Å². The lowest BCUT2D eigenvalue weighted by atomic mass is 10.0. The predicted octanol–water partition coefficient (Wildman–Crippen LogP) is 4.37. The topological polar surface area (TPSA) is 111 Å². The average Bonchev–Trinajstić information content (AvgIpc) is 2.72. The Morgan fingerprint density at radius 3 is 2.60 bits per heavy atom. The highest BCUT2D eigenvalue weighted by Crippen LogP contribution is 2.25. The molecule has 1 aromatic heterocycles. The van der Waals surface area contributed by atoms with Gasteiger partial charge in [0.15, 0.2) is 6.61 Å². The third-order valence-electron chi connectivity index (χ3n) is 4.66. The Kier molecular flexibility index (Phi) is 6.06. The van der Waals surface area contributed by atoms with E-state index in [-0.39, 0.29) is 11.6 Å². The third-order valence-corrected chi connectivity index (χ3v) is 4.66. The fourth-order valence-electron chi connectivity index (χ4n) is 3.01. The van der Waals surface area contributed by atoms with Crippen molar-refractivity contribution in [1.29, 1.82) is 0 Å². The van der Waals surface area contributed by atoms with Crippen molar-refractivity contribution in [2.75, 3.05) is 11.9 Å². The number of anilines is 1. The number of aromatic nitrogens is 1. The SMILES string of the molecule is Cc1c(NC(=O)COC(=O)c2cc(C(C)C)nc3ccccc23)cccc1[N+](=O)[O-]. The Hall–Kier alpha value is -3.81. The van der Waals surface area contributed by atoms with Crippen LogP contribution in [0.25, 0.3) is 10.9 Å². The molecule has 3 aromatic rings. The molecule has 8 heteroatoms. The van der Waals surface area contributed by atoms with Gasteiger partial charge in [0, 0.05) is 17.1 Å². The second kappa shape index (κ2) is 8.69. The number of benzene rings is 2. The zero-order valence-electron chi connectivity index (χ0n) is 16.8. The largest absolute Gasteiger partial charge is 0.452 e. The number of rotatable bonds is 6. The molecule has 0 bridgehead atoms. The fraction of sp³-hybridized carbons (Fsp3) is 0.227. The van der Waals surface area contributed by atoms with Crippen LogP contribution >= 0.6 is 0 Å². The van der Waals surface area contributed by atoms with Gasteiger partial charge in [0.1, 0.15) is 0 Å². The van der Waals surface area contributed by atoms with Crippen LogP contribution in [-0.4, -0.2) is 28.4 Å². The van der Waals surface area contributed by atoms with Crippen molar-refractivity contribution in [2.45, 2.75) is 26.7 Å². The maximum atomic E-state index is 12.7. The van der Waals surface area contributed by atoms with E-state index in [1.165, 1.54) is 19.1 Å². The van der Waals surface area contributed by atoms with E-state index in [0.717, 1.165) is 5.69 Å². The molecular formula is C22H21N3O5. The lowest BCUT2D eigenvalue weighted by Gasteiger charge is -2.12. The van der Waals surface area contributed by atoms with Gasteiger partial charge in [0.2, 0.25) is 0 Å². The minimum absolute atomic E-state index is 0.103. The summed E-state index contributed by atoms with van der Waals surface area (Å²) in [5.74, 6) is -1.11. The zero-order chi connectivity index (χ0) is 21.8. The third kappa shape index (κ3) is 4.43. The number of nitrogens with zero attached hydrogens (tertiary/aromatic N) is 2. The molecule has 0 radical (unpaired) electrons. The Bertz CT molecular complexity index is 1140. The molecule has 30 heavy (non-hydrogen) atoms. The summed E-state index contributed by atoms with van der Waals surface area (Å²) in [6.07, 6.45) is 0. The molecule has 0 aliphatic rings. The molecule has 0 saturated carbocycles. The van der Waals surface area contributed by atoms with Crippen molar-refractivity contribution in [3.8, 4) is 0 Å². The van der Waals surface area contributed by atoms with Crippen molar-refractivity contribution >= 4 is 34.2 Å². The van der Waals surface area contributed by atoms with E-state index in [2.05, 4.69) is 10.3 Å². The Morgan fingerprint density at radius 1 is 1.17 bits per heavy atom. The first kappa shape index (κ1) is 20.9. The molecule has 0 atom stereocenters. The van der Waals surface area contributed by atoms with Gasteiger partial charge in [0.05, 0.1) is 27.3 Å². The number of amides is 1. The number of para-hydroxylation sites is 1.